The molecule has 4 rings (SSSR count). The minimum atomic E-state index is -0.853. The van der Waals surface area contributed by atoms with E-state index in [1.807, 2.05) is 0 Å². The van der Waals surface area contributed by atoms with Crippen LogP contribution in [0.2, 0.25) is 0 Å². The summed E-state index contributed by atoms with van der Waals surface area (Å²) < 4.78 is 0.255. The molecule has 4 N–H and O–H groups in total. The number of nitro benzene ring substituents is 4. The molecule has 2 aliphatic rings. The lowest BCUT2D eigenvalue weighted by molar-refractivity contribution is -0.393. The fraction of sp³-hybridized carbons (Fsp3) is 0.231. The van der Waals surface area contributed by atoms with Gasteiger partial charge in [-0.25, -0.2) is 0 Å². The Balaban J connectivity index is 1.25. The summed E-state index contributed by atoms with van der Waals surface area (Å²) in [6, 6.07) is 5.65. The Morgan fingerprint density at radius 1 is 0.635 bits per heavy atom. The first-order valence-corrected chi connectivity index (χ1v) is 16.8. The molecule has 0 unspecified atom stereocenters. The third-order valence-corrected chi connectivity index (χ3v) is 9.95. The van der Waals surface area contributed by atoms with Gasteiger partial charge in [-0.2, -0.15) is 0 Å². The Morgan fingerprint density at radius 3 is 1.33 bits per heavy atom. The van der Waals surface area contributed by atoms with Crippen molar-refractivity contribution in [2.75, 3.05) is 23.9 Å². The molecule has 0 radical (unpaired) electrons. The number of non-ortho nitro benzene ring substituents is 2. The van der Waals surface area contributed by atoms with Crippen molar-refractivity contribution in [3.8, 4) is 0 Å². The van der Waals surface area contributed by atoms with Crippen molar-refractivity contribution in [3.63, 3.8) is 0 Å². The van der Waals surface area contributed by atoms with Gasteiger partial charge in [-0.15, -0.1) is 0 Å². The highest BCUT2D eigenvalue weighted by Gasteiger charge is 2.41. The number of benzene rings is 2. The molecule has 0 saturated carbocycles. The van der Waals surface area contributed by atoms with Gasteiger partial charge in [0.05, 0.1) is 41.6 Å². The second-order valence-electron chi connectivity index (χ2n) is 10.3. The van der Waals surface area contributed by atoms with Gasteiger partial charge in [0, 0.05) is 38.1 Å². The minimum Gasteiger partial charge on any atom is -0.293 e. The Bertz CT molecular complexity index is 1840. The van der Waals surface area contributed by atoms with Crippen LogP contribution in [-0.2, 0) is 19.2 Å². The highest BCUT2D eigenvalue weighted by Crippen LogP contribution is 2.42. The number of carbonyl (C=O) groups is 4. The Morgan fingerprint density at radius 2 is 1.00 bits per heavy atom. The van der Waals surface area contributed by atoms with E-state index in [1.54, 1.807) is 0 Å². The first-order valence-electron chi connectivity index (χ1n) is 14.4. The van der Waals surface area contributed by atoms with E-state index in [2.05, 4.69) is 21.7 Å². The molecule has 2 aromatic rings. The monoisotopic (exact) mass is 794 g/mol. The van der Waals surface area contributed by atoms with Gasteiger partial charge in [0.2, 0.25) is 11.8 Å². The molecule has 22 nitrogen and oxygen atoms in total. The van der Waals surface area contributed by atoms with E-state index in [4.69, 9.17) is 24.4 Å². The number of hydrogen-bond acceptors (Lipinski definition) is 18. The predicted octanol–water partition coefficient (Wildman–Crippen LogP) is 3.40. The molecule has 0 atom stereocenters. The molecule has 2 fully saturated rings. The van der Waals surface area contributed by atoms with Gasteiger partial charge in [0.1, 0.15) is 20.0 Å². The molecule has 0 spiro atoms. The first kappa shape index (κ1) is 38.9. The summed E-state index contributed by atoms with van der Waals surface area (Å²) in [5.74, 6) is -2.39. The average Bonchev–Trinajstić information content (AvgIpc) is 3.54. The maximum Gasteiger partial charge on any atom is 0.300 e. The molecule has 2 heterocycles. The number of hydrazine groups is 2. The van der Waals surface area contributed by atoms with Crippen molar-refractivity contribution >= 4 is 114 Å². The van der Waals surface area contributed by atoms with Crippen LogP contribution < -0.4 is 21.7 Å². The van der Waals surface area contributed by atoms with Crippen molar-refractivity contribution in [1.82, 2.24) is 20.7 Å². The lowest BCUT2D eigenvalue weighted by Crippen LogP contribution is -2.33. The summed E-state index contributed by atoms with van der Waals surface area (Å²) in [7, 11) is 0. The Hall–Kier alpha value is -5.86. The van der Waals surface area contributed by atoms with Crippen LogP contribution in [0.4, 0.5) is 34.1 Å². The molecular weight excluding hydrogens is 773 g/mol. The SMILES string of the molecule is O=C(CCCN1C(=O)C(=C2SC(=S)N(CCCC(=O)NNc3ccc([N+](=O)[O-])cc3[N+](=O)[O-])C2=O)SC1=S)NNc1ccc([N+](=O)[O-])cc1[N+](=O)[O-]. The van der Waals surface area contributed by atoms with Crippen LogP contribution in [0.3, 0.4) is 0 Å². The molecule has 272 valence electrons. The van der Waals surface area contributed by atoms with E-state index < -0.39 is 66.1 Å². The van der Waals surface area contributed by atoms with Crippen LogP contribution in [-0.4, -0.2) is 74.9 Å². The van der Waals surface area contributed by atoms with Gasteiger partial charge in [-0.3, -0.25) is 91.1 Å². The lowest BCUT2D eigenvalue weighted by Gasteiger charge is -2.15. The topological polar surface area (TPSA) is 295 Å². The molecule has 0 aliphatic carbocycles. The predicted molar refractivity (Wildman–Crippen MR) is 192 cm³/mol. The highest BCUT2D eigenvalue weighted by molar-refractivity contribution is 8.29. The molecule has 0 bridgehead atoms. The molecule has 26 heteroatoms. The number of nitrogens with zero attached hydrogens (tertiary/aromatic N) is 6. The molecular formula is C26H22N10O12S4. The minimum absolute atomic E-state index is 0.00819. The zero-order chi connectivity index (χ0) is 38.3. The number of thioether (sulfide) groups is 2. The quantitative estimate of drug-likeness (QED) is 0.0819. The number of nitrogens with one attached hydrogen (secondary N) is 4. The van der Waals surface area contributed by atoms with Crippen LogP contribution >= 0.6 is 48.0 Å². The highest BCUT2D eigenvalue weighted by atomic mass is 32.2. The number of thiocarbonyl (C=S) groups is 2. The van der Waals surface area contributed by atoms with Crippen molar-refractivity contribution in [1.29, 1.82) is 0 Å². The molecule has 2 aliphatic heterocycles. The van der Waals surface area contributed by atoms with Crippen molar-refractivity contribution < 1.29 is 38.9 Å². The summed E-state index contributed by atoms with van der Waals surface area (Å²) in [4.78, 5) is 94.7. The second-order valence-corrected chi connectivity index (χ2v) is 13.6. The van der Waals surface area contributed by atoms with E-state index in [0.29, 0.717) is 0 Å². The molecule has 2 aromatic carbocycles. The van der Waals surface area contributed by atoms with Crippen LogP contribution in [0.5, 0.6) is 0 Å². The summed E-state index contributed by atoms with van der Waals surface area (Å²) in [5.41, 5.74) is 6.55. The number of amides is 4. The lowest BCUT2D eigenvalue weighted by atomic mass is 10.2. The number of carbonyl (C=O) groups excluding carboxylic acids is 4. The van der Waals surface area contributed by atoms with E-state index in [1.165, 1.54) is 9.80 Å². The van der Waals surface area contributed by atoms with Gasteiger partial charge in [-0.1, -0.05) is 48.0 Å². The zero-order valence-electron chi connectivity index (χ0n) is 25.9. The van der Waals surface area contributed by atoms with Crippen LogP contribution in [0.1, 0.15) is 25.7 Å². The van der Waals surface area contributed by atoms with Gasteiger partial charge < -0.3 is 0 Å². The summed E-state index contributed by atoms with van der Waals surface area (Å²) in [6.45, 7) is -0.0164. The average molecular weight is 795 g/mol. The van der Waals surface area contributed by atoms with Crippen LogP contribution in [0.25, 0.3) is 0 Å². The summed E-state index contributed by atoms with van der Waals surface area (Å²) in [6.07, 6.45) is -0.109. The number of rotatable bonds is 16. The molecule has 52 heavy (non-hydrogen) atoms. The number of anilines is 2. The fourth-order valence-electron chi connectivity index (χ4n) is 4.43. The van der Waals surface area contributed by atoms with Crippen molar-refractivity contribution in [2.24, 2.45) is 0 Å². The third-order valence-electron chi connectivity index (χ3n) is 6.93. The van der Waals surface area contributed by atoms with E-state index in [0.717, 1.165) is 59.9 Å². The van der Waals surface area contributed by atoms with Gasteiger partial charge in [-0.05, 0) is 25.0 Å². The van der Waals surface area contributed by atoms with E-state index >= 15 is 0 Å². The fourth-order valence-corrected chi connectivity index (χ4v) is 7.20. The van der Waals surface area contributed by atoms with Gasteiger partial charge >= 0.3 is 11.4 Å². The summed E-state index contributed by atoms with van der Waals surface area (Å²) in [5, 5.41) is 44.4. The van der Waals surface area contributed by atoms with Crippen molar-refractivity contribution in [3.05, 3.63) is 86.7 Å². The number of hydrogen-bond donors (Lipinski definition) is 4. The molecule has 2 saturated heterocycles. The third kappa shape index (κ3) is 9.27. The van der Waals surface area contributed by atoms with Crippen molar-refractivity contribution in [2.45, 2.75) is 25.7 Å². The first-order chi connectivity index (χ1) is 24.6. The van der Waals surface area contributed by atoms with E-state index in [9.17, 15) is 59.6 Å². The maximum atomic E-state index is 13.2. The maximum absolute atomic E-state index is 13.2. The van der Waals surface area contributed by atoms with E-state index in [-0.39, 0.29) is 68.6 Å². The zero-order valence-corrected chi connectivity index (χ0v) is 29.2. The Kier molecular flexibility index (Phi) is 12.7. The second kappa shape index (κ2) is 16.9. The van der Waals surface area contributed by atoms with Gasteiger partial charge in [0.15, 0.2) is 0 Å². The number of nitro groups is 4. The largest absolute Gasteiger partial charge is 0.300 e. The molecule has 0 aromatic heterocycles. The smallest absolute Gasteiger partial charge is 0.293 e. The van der Waals surface area contributed by atoms with Gasteiger partial charge in [0.25, 0.3) is 23.2 Å². The van der Waals surface area contributed by atoms with Crippen LogP contribution in [0.15, 0.2) is 46.2 Å². The molecule has 4 amide bonds. The summed E-state index contributed by atoms with van der Waals surface area (Å²) >= 11 is 12.4. The Labute approximate surface area is 309 Å². The van der Waals surface area contributed by atoms with Crippen LogP contribution in [0, 0.1) is 40.5 Å². The standard InChI is InChI=1S/C26H22N10O12S4/c37-19(29-27-15-7-5-13(33(41)42)11-17(15)35(45)46)3-1-9-31-23(39)21(51-25(31)49)22-24(40)32(26(50)52-22)10-2-4-20(38)30-28-16-8-6-14(34(43)44)12-18(16)36(47)48/h5-8,11-12,27-28H,1-4,9-10H2,(H,29,37)(H,30,38). The normalized spacial score (nSPS) is 15.5.